The summed E-state index contributed by atoms with van der Waals surface area (Å²) in [6, 6.07) is 12.0. The normalized spacial score (nSPS) is 11.5. The second kappa shape index (κ2) is 5.27. The maximum absolute atomic E-state index is 12.2. The van der Waals surface area contributed by atoms with Gasteiger partial charge in [0.1, 0.15) is 5.69 Å². The molecule has 0 unspecified atom stereocenters. The van der Waals surface area contributed by atoms with Crippen LogP contribution in [0.4, 0.5) is 0 Å². The summed E-state index contributed by atoms with van der Waals surface area (Å²) in [6.45, 7) is 0. The van der Waals surface area contributed by atoms with Crippen LogP contribution in [0.25, 0.3) is 22.4 Å². The number of aromatic nitrogens is 1. The van der Waals surface area contributed by atoms with Crippen molar-refractivity contribution in [3.63, 3.8) is 0 Å². The standard InChI is InChI=1S/C15H12N2O4S/c1-22(19,20)17-15(18)11-9-13(14-7-4-8-21-14)16-12-6-3-2-5-10(11)12/h2-9H,1H3,(H,17,18). The molecular weight excluding hydrogens is 304 g/mol. The Hall–Kier alpha value is -2.67. The van der Waals surface area contributed by atoms with E-state index in [0.717, 1.165) is 6.26 Å². The first kappa shape index (κ1) is 14.3. The molecule has 0 bridgehead atoms. The zero-order valence-electron chi connectivity index (χ0n) is 11.6. The molecule has 2 heterocycles. The van der Waals surface area contributed by atoms with Gasteiger partial charge < -0.3 is 4.42 Å². The van der Waals surface area contributed by atoms with E-state index in [4.69, 9.17) is 4.42 Å². The van der Waals surface area contributed by atoms with Crippen molar-refractivity contribution in [2.75, 3.05) is 6.26 Å². The van der Waals surface area contributed by atoms with Crippen molar-refractivity contribution in [3.05, 3.63) is 54.3 Å². The van der Waals surface area contributed by atoms with Crippen molar-refractivity contribution >= 4 is 26.8 Å². The summed E-state index contributed by atoms with van der Waals surface area (Å²) in [4.78, 5) is 16.7. The monoisotopic (exact) mass is 316 g/mol. The molecule has 112 valence electrons. The van der Waals surface area contributed by atoms with E-state index in [0.29, 0.717) is 22.4 Å². The summed E-state index contributed by atoms with van der Waals surface area (Å²) in [5.41, 5.74) is 1.26. The summed E-state index contributed by atoms with van der Waals surface area (Å²) in [6.07, 6.45) is 2.43. The van der Waals surface area contributed by atoms with Crippen molar-refractivity contribution < 1.29 is 17.6 Å². The Balaban J connectivity index is 2.21. The molecule has 1 amide bonds. The number of sulfonamides is 1. The van der Waals surface area contributed by atoms with Gasteiger partial charge in [0.15, 0.2) is 5.76 Å². The van der Waals surface area contributed by atoms with Gasteiger partial charge in [-0.2, -0.15) is 0 Å². The van der Waals surface area contributed by atoms with Crippen LogP contribution >= 0.6 is 0 Å². The lowest BCUT2D eigenvalue weighted by Gasteiger charge is -2.08. The Morgan fingerprint density at radius 1 is 1.18 bits per heavy atom. The van der Waals surface area contributed by atoms with E-state index >= 15 is 0 Å². The zero-order chi connectivity index (χ0) is 15.7. The topological polar surface area (TPSA) is 89.3 Å². The number of nitrogens with zero attached hydrogens (tertiary/aromatic N) is 1. The highest BCUT2D eigenvalue weighted by atomic mass is 32.2. The molecule has 3 aromatic rings. The third-order valence-electron chi connectivity index (χ3n) is 3.01. The quantitative estimate of drug-likeness (QED) is 0.800. The van der Waals surface area contributed by atoms with Gasteiger partial charge in [-0.15, -0.1) is 0 Å². The van der Waals surface area contributed by atoms with Crippen molar-refractivity contribution in [1.82, 2.24) is 9.71 Å². The van der Waals surface area contributed by atoms with E-state index in [1.54, 1.807) is 36.4 Å². The van der Waals surface area contributed by atoms with Gasteiger partial charge in [0.25, 0.3) is 5.91 Å². The molecule has 0 aliphatic carbocycles. The minimum atomic E-state index is -3.65. The smallest absolute Gasteiger partial charge is 0.265 e. The molecule has 1 aromatic carbocycles. The van der Waals surface area contributed by atoms with Crippen molar-refractivity contribution in [1.29, 1.82) is 0 Å². The van der Waals surface area contributed by atoms with Crippen LogP contribution < -0.4 is 4.72 Å². The average Bonchev–Trinajstić information content (AvgIpc) is 2.98. The fourth-order valence-corrected chi connectivity index (χ4v) is 2.58. The molecule has 1 N–H and O–H groups in total. The number of pyridine rings is 1. The molecule has 0 atom stereocenters. The highest BCUT2D eigenvalue weighted by Crippen LogP contribution is 2.25. The van der Waals surface area contributed by atoms with Gasteiger partial charge in [0.05, 0.1) is 23.6 Å². The molecule has 0 radical (unpaired) electrons. The maximum Gasteiger partial charge on any atom is 0.265 e. The van der Waals surface area contributed by atoms with Crippen LogP contribution in [0.5, 0.6) is 0 Å². The van der Waals surface area contributed by atoms with Gasteiger partial charge in [-0.25, -0.2) is 18.1 Å². The number of para-hydroxylation sites is 1. The summed E-state index contributed by atoms with van der Waals surface area (Å²) in [5.74, 6) is -0.201. The lowest BCUT2D eigenvalue weighted by molar-refractivity contribution is 0.0983. The van der Waals surface area contributed by atoms with Crippen LogP contribution in [0, 0.1) is 0 Å². The number of carbonyl (C=O) groups excluding carboxylic acids is 1. The van der Waals surface area contributed by atoms with Gasteiger partial charge in [0.2, 0.25) is 10.0 Å². The van der Waals surface area contributed by atoms with Crippen LogP contribution in [0.1, 0.15) is 10.4 Å². The molecule has 22 heavy (non-hydrogen) atoms. The van der Waals surface area contributed by atoms with Crippen molar-refractivity contribution in [3.8, 4) is 11.5 Å². The second-order valence-corrected chi connectivity index (χ2v) is 6.50. The molecule has 0 aliphatic heterocycles. The third kappa shape index (κ3) is 2.84. The summed E-state index contributed by atoms with van der Waals surface area (Å²) >= 11 is 0. The largest absolute Gasteiger partial charge is 0.463 e. The molecule has 0 aliphatic rings. The predicted molar refractivity (Wildman–Crippen MR) is 81.8 cm³/mol. The predicted octanol–water partition coefficient (Wildman–Crippen LogP) is 2.18. The Labute approximate surface area is 126 Å². The maximum atomic E-state index is 12.2. The number of benzene rings is 1. The van der Waals surface area contributed by atoms with Gasteiger partial charge in [-0.1, -0.05) is 18.2 Å². The van der Waals surface area contributed by atoms with Gasteiger partial charge in [-0.05, 0) is 24.3 Å². The minimum absolute atomic E-state index is 0.224. The number of furan rings is 1. The molecule has 6 nitrogen and oxygen atoms in total. The van der Waals surface area contributed by atoms with E-state index in [9.17, 15) is 13.2 Å². The van der Waals surface area contributed by atoms with E-state index < -0.39 is 15.9 Å². The van der Waals surface area contributed by atoms with Crippen LogP contribution in [0.15, 0.2) is 53.1 Å². The number of hydrogen-bond acceptors (Lipinski definition) is 5. The molecule has 0 spiro atoms. The molecular formula is C15H12N2O4S. The van der Waals surface area contributed by atoms with E-state index in [1.165, 1.54) is 12.3 Å². The molecule has 0 fully saturated rings. The molecule has 0 saturated heterocycles. The number of nitrogens with one attached hydrogen (secondary N) is 1. The lowest BCUT2D eigenvalue weighted by Crippen LogP contribution is -2.29. The number of rotatable bonds is 3. The first-order valence-electron chi connectivity index (χ1n) is 6.40. The van der Waals surface area contributed by atoms with Gasteiger partial charge in [-0.3, -0.25) is 4.79 Å². The number of amides is 1. The number of hydrogen-bond donors (Lipinski definition) is 1. The molecule has 3 rings (SSSR count). The lowest BCUT2D eigenvalue weighted by atomic mass is 10.1. The van der Waals surface area contributed by atoms with Crippen molar-refractivity contribution in [2.24, 2.45) is 0 Å². The van der Waals surface area contributed by atoms with E-state index in [-0.39, 0.29) is 5.56 Å². The van der Waals surface area contributed by atoms with Crippen molar-refractivity contribution in [2.45, 2.75) is 0 Å². The first-order chi connectivity index (χ1) is 10.4. The Kier molecular flexibility index (Phi) is 3.42. The van der Waals surface area contributed by atoms with Gasteiger partial charge in [0, 0.05) is 5.39 Å². The summed E-state index contributed by atoms with van der Waals surface area (Å²) in [7, 11) is -3.65. The summed E-state index contributed by atoms with van der Waals surface area (Å²) in [5, 5.41) is 0.568. The second-order valence-electron chi connectivity index (χ2n) is 4.75. The molecule has 0 saturated carbocycles. The van der Waals surface area contributed by atoms with Crippen LogP contribution in [0.2, 0.25) is 0 Å². The average molecular weight is 316 g/mol. The van der Waals surface area contributed by atoms with E-state index in [1.807, 2.05) is 4.72 Å². The van der Waals surface area contributed by atoms with Crippen LogP contribution in [0.3, 0.4) is 0 Å². The Morgan fingerprint density at radius 3 is 2.64 bits per heavy atom. The number of carbonyl (C=O) groups is 1. The Bertz CT molecular complexity index is 947. The fraction of sp³-hybridized carbons (Fsp3) is 0.0667. The Morgan fingerprint density at radius 2 is 1.95 bits per heavy atom. The molecule has 2 aromatic heterocycles. The highest BCUT2D eigenvalue weighted by molar-refractivity contribution is 7.89. The molecule has 7 heteroatoms. The van der Waals surface area contributed by atoms with Gasteiger partial charge >= 0.3 is 0 Å². The van der Waals surface area contributed by atoms with Crippen LogP contribution in [-0.2, 0) is 10.0 Å². The fourth-order valence-electron chi connectivity index (χ4n) is 2.14. The minimum Gasteiger partial charge on any atom is -0.463 e. The van der Waals surface area contributed by atoms with Crippen LogP contribution in [-0.4, -0.2) is 25.6 Å². The zero-order valence-corrected chi connectivity index (χ0v) is 12.4. The van der Waals surface area contributed by atoms with E-state index in [2.05, 4.69) is 4.98 Å². The first-order valence-corrected chi connectivity index (χ1v) is 8.29. The summed E-state index contributed by atoms with van der Waals surface area (Å²) < 4.78 is 29.9. The third-order valence-corrected chi connectivity index (χ3v) is 3.57. The SMILES string of the molecule is CS(=O)(=O)NC(=O)c1cc(-c2ccco2)nc2ccccc12. The highest BCUT2D eigenvalue weighted by Gasteiger charge is 2.17. The number of fused-ring (bicyclic) bond motifs is 1.